The molecule has 2 aliphatic carbocycles. The SMILES string of the molecule is Cc1cc2c(cc1-c1ccsc1/C=C/C1=C(C(=O)O)CCC1)C(C)(C)CCC2(C)C. The lowest BCUT2D eigenvalue weighted by atomic mass is 9.62. The second-order valence-electron chi connectivity index (χ2n) is 10.2. The van der Waals surface area contributed by atoms with E-state index in [2.05, 4.69) is 64.3 Å². The highest BCUT2D eigenvalue weighted by atomic mass is 32.1. The average molecular weight is 421 g/mol. The van der Waals surface area contributed by atoms with Crippen LogP contribution in [-0.2, 0) is 15.6 Å². The van der Waals surface area contributed by atoms with Crippen LogP contribution >= 0.6 is 11.3 Å². The van der Waals surface area contributed by atoms with Gasteiger partial charge in [-0.1, -0.05) is 45.9 Å². The highest BCUT2D eigenvalue weighted by Gasteiger charge is 2.37. The molecule has 4 rings (SSSR count). The number of carboxylic acids is 1. The van der Waals surface area contributed by atoms with Crippen molar-refractivity contribution in [3.63, 3.8) is 0 Å². The fourth-order valence-electron chi connectivity index (χ4n) is 5.06. The summed E-state index contributed by atoms with van der Waals surface area (Å²) in [6, 6.07) is 7.06. The van der Waals surface area contributed by atoms with Crippen LogP contribution in [0.15, 0.2) is 40.8 Å². The molecular formula is C27H32O2S. The summed E-state index contributed by atoms with van der Waals surface area (Å²) < 4.78 is 0. The molecule has 1 aromatic carbocycles. The second kappa shape index (κ2) is 7.53. The van der Waals surface area contributed by atoms with Crippen LogP contribution < -0.4 is 0 Å². The summed E-state index contributed by atoms with van der Waals surface area (Å²) in [6.45, 7) is 11.7. The average Bonchev–Trinajstić information content (AvgIpc) is 3.32. The van der Waals surface area contributed by atoms with Crippen LogP contribution in [0.1, 0.15) is 81.4 Å². The van der Waals surface area contributed by atoms with Gasteiger partial charge in [-0.15, -0.1) is 11.3 Å². The minimum absolute atomic E-state index is 0.185. The summed E-state index contributed by atoms with van der Waals surface area (Å²) >= 11 is 1.73. The van der Waals surface area contributed by atoms with E-state index in [4.69, 9.17) is 0 Å². The maximum Gasteiger partial charge on any atom is 0.331 e. The van der Waals surface area contributed by atoms with Gasteiger partial charge in [-0.25, -0.2) is 4.79 Å². The first kappa shape index (κ1) is 21.1. The zero-order chi connectivity index (χ0) is 21.7. The molecule has 2 aromatic rings. The van der Waals surface area contributed by atoms with Crippen LogP contribution in [0.25, 0.3) is 17.2 Å². The monoisotopic (exact) mass is 420 g/mol. The summed E-state index contributed by atoms with van der Waals surface area (Å²) in [5.41, 5.74) is 8.81. The van der Waals surface area contributed by atoms with E-state index >= 15 is 0 Å². The van der Waals surface area contributed by atoms with Crippen LogP contribution in [0.2, 0.25) is 0 Å². The number of thiophene rings is 1. The van der Waals surface area contributed by atoms with E-state index in [1.165, 1.54) is 45.5 Å². The first-order chi connectivity index (χ1) is 14.1. The standard InChI is InChI=1S/C27H32O2S/c1-17-15-22-23(27(4,5)13-12-26(22,2)3)16-21(17)20-11-14-30-24(20)10-9-18-7-6-8-19(18)25(28)29/h9-11,14-16H,6-8,12-13H2,1-5H3,(H,28,29)/b10-9+. The van der Waals surface area contributed by atoms with Crippen molar-refractivity contribution in [2.24, 2.45) is 0 Å². The van der Waals surface area contributed by atoms with E-state index in [0.29, 0.717) is 12.0 Å². The maximum absolute atomic E-state index is 11.5. The van der Waals surface area contributed by atoms with Gasteiger partial charge in [-0.3, -0.25) is 0 Å². The van der Waals surface area contributed by atoms with Crippen LogP contribution in [0.3, 0.4) is 0 Å². The third kappa shape index (κ3) is 3.69. The molecule has 1 heterocycles. The first-order valence-corrected chi connectivity index (χ1v) is 11.8. The molecule has 3 heteroatoms. The number of benzene rings is 1. The van der Waals surface area contributed by atoms with Gasteiger partial charge >= 0.3 is 5.97 Å². The number of aryl methyl sites for hydroxylation is 1. The molecular weight excluding hydrogens is 388 g/mol. The third-order valence-electron chi connectivity index (χ3n) is 7.14. The Labute approximate surface area is 184 Å². The Bertz CT molecular complexity index is 1060. The van der Waals surface area contributed by atoms with Gasteiger partial charge in [0.15, 0.2) is 0 Å². The van der Waals surface area contributed by atoms with Crippen LogP contribution in [0.4, 0.5) is 0 Å². The van der Waals surface area contributed by atoms with Gasteiger partial charge in [0.1, 0.15) is 0 Å². The first-order valence-electron chi connectivity index (χ1n) is 11.0. The van der Waals surface area contributed by atoms with Gasteiger partial charge in [0.2, 0.25) is 0 Å². The lowest BCUT2D eigenvalue weighted by Gasteiger charge is -2.42. The summed E-state index contributed by atoms with van der Waals surface area (Å²) in [7, 11) is 0. The Hall–Kier alpha value is -2.13. The van der Waals surface area contributed by atoms with Gasteiger partial charge < -0.3 is 5.11 Å². The zero-order valence-corrected chi connectivity index (χ0v) is 19.6. The molecule has 0 fully saturated rings. The smallest absolute Gasteiger partial charge is 0.331 e. The predicted octanol–water partition coefficient (Wildman–Crippen LogP) is 7.65. The Morgan fingerprint density at radius 1 is 1.00 bits per heavy atom. The van der Waals surface area contributed by atoms with Gasteiger partial charge in [0.25, 0.3) is 0 Å². The summed E-state index contributed by atoms with van der Waals surface area (Å²) in [5, 5.41) is 11.6. The number of carboxylic acid groups (broad SMARTS) is 1. The molecule has 158 valence electrons. The topological polar surface area (TPSA) is 37.3 Å². The summed E-state index contributed by atoms with van der Waals surface area (Å²) in [5.74, 6) is -0.770. The Morgan fingerprint density at radius 2 is 1.67 bits per heavy atom. The fraction of sp³-hybridized carbons (Fsp3) is 0.444. The molecule has 0 amide bonds. The molecule has 1 N–H and O–H groups in total. The molecule has 0 saturated carbocycles. The number of rotatable bonds is 4. The molecule has 0 atom stereocenters. The van der Waals surface area contributed by atoms with Crippen molar-refractivity contribution in [1.82, 2.24) is 0 Å². The highest BCUT2D eigenvalue weighted by Crippen LogP contribution is 2.48. The van der Waals surface area contributed by atoms with Crippen molar-refractivity contribution in [2.45, 2.75) is 77.6 Å². The molecule has 2 nitrogen and oxygen atoms in total. The van der Waals surface area contributed by atoms with Crippen molar-refractivity contribution in [3.05, 3.63) is 62.4 Å². The zero-order valence-electron chi connectivity index (χ0n) is 18.8. The Morgan fingerprint density at radius 3 is 2.33 bits per heavy atom. The number of carbonyl (C=O) groups is 1. The second-order valence-corrected chi connectivity index (χ2v) is 11.1. The van der Waals surface area contributed by atoms with Crippen molar-refractivity contribution < 1.29 is 9.90 Å². The largest absolute Gasteiger partial charge is 0.478 e. The number of allylic oxidation sites excluding steroid dienone is 2. The summed E-state index contributed by atoms with van der Waals surface area (Å²) in [6.07, 6.45) is 9.07. The molecule has 0 radical (unpaired) electrons. The predicted molar refractivity (Wildman–Crippen MR) is 127 cm³/mol. The van der Waals surface area contributed by atoms with Crippen LogP contribution in [0.5, 0.6) is 0 Å². The van der Waals surface area contributed by atoms with E-state index in [1.54, 1.807) is 11.3 Å². The number of aliphatic carboxylic acids is 1. The van der Waals surface area contributed by atoms with E-state index in [9.17, 15) is 9.90 Å². The van der Waals surface area contributed by atoms with Gasteiger partial charge in [0.05, 0.1) is 0 Å². The number of hydrogen-bond acceptors (Lipinski definition) is 2. The molecule has 0 spiro atoms. The molecule has 1 aromatic heterocycles. The van der Waals surface area contributed by atoms with Crippen molar-refractivity contribution >= 4 is 23.4 Å². The lowest BCUT2D eigenvalue weighted by Crippen LogP contribution is -2.34. The van der Waals surface area contributed by atoms with E-state index in [0.717, 1.165) is 18.4 Å². The van der Waals surface area contributed by atoms with Gasteiger partial charge in [-0.2, -0.15) is 0 Å². The third-order valence-corrected chi connectivity index (χ3v) is 8.02. The minimum atomic E-state index is -0.770. The van der Waals surface area contributed by atoms with Crippen molar-refractivity contribution in [1.29, 1.82) is 0 Å². The minimum Gasteiger partial charge on any atom is -0.478 e. The lowest BCUT2D eigenvalue weighted by molar-refractivity contribution is -0.132. The highest BCUT2D eigenvalue weighted by molar-refractivity contribution is 7.11. The van der Waals surface area contributed by atoms with E-state index in [-0.39, 0.29) is 10.8 Å². The van der Waals surface area contributed by atoms with Crippen molar-refractivity contribution in [3.8, 4) is 11.1 Å². The fourth-order valence-corrected chi connectivity index (χ4v) is 5.86. The van der Waals surface area contributed by atoms with E-state index in [1.807, 2.05) is 6.08 Å². The summed E-state index contributed by atoms with van der Waals surface area (Å²) in [4.78, 5) is 12.7. The van der Waals surface area contributed by atoms with Crippen LogP contribution in [-0.4, -0.2) is 11.1 Å². The quantitative estimate of drug-likeness (QED) is 0.551. The molecule has 30 heavy (non-hydrogen) atoms. The molecule has 0 saturated heterocycles. The normalized spacial score (nSPS) is 20.0. The Balaban J connectivity index is 1.77. The van der Waals surface area contributed by atoms with Crippen LogP contribution in [0, 0.1) is 6.92 Å². The van der Waals surface area contributed by atoms with Gasteiger partial charge in [-0.05, 0) is 101 Å². The maximum atomic E-state index is 11.5. The number of fused-ring (bicyclic) bond motifs is 1. The molecule has 0 aliphatic heterocycles. The van der Waals surface area contributed by atoms with Gasteiger partial charge in [0, 0.05) is 10.5 Å². The number of hydrogen-bond donors (Lipinski definition) is 1. The Kier molecular flexibility index (Phi) is 5.30. The molecule has 0 unspecified atom stereocenters. The van der Waals surface area contributed by atoms with E-state index < -0.39 is 5.97 Å². The van der Waals surface area contributed by atoms with Crippen molar-refractivity contribution in [2.75, 3.05) is 0 Å². The molecule has 2 aliphatic rings. The molecule has 0 bridgehead atoms.